The molecule has 1 aliphatic carbocycles. The van der Waals surface area contributed by atoms with E-state index >= 15 is 0 Å². The Hall–Kier alpha value is -0.680. The number of hydrogen-bond donors (Lipinski definition) is 0. The van der Waals surface area contributed by atoms with Crippen LogP contribution < -0.4 is 0 Å². The van der Waals surface area contributed by atoms with Crippen LogP contribution in [0.3, 0.4) is 0 Å². The molecule has 1 aliphatic rings. The molecule has 0 saturated heterocycles. The van der Waals surface area contributed by atoms with Crippen LogP contribution in [0.5, 0.6) is 0 Å². The minimum atomic E-state index is 0.354. The molecule has 0 bridgehead atoms. The summed E-state index contributed by atoms with van der Waals surface area (Å²) in [4.78, 5) is 4.82. The maximum absolute atomic E-state index is 5.99. The number of aryl methyl sites for hydroxylation is 3. The first-order valence-electron chi connectivity index (χ1n) is 7.60. The van der Waals surface area contributed by atoms with E-state index in [0.717, 1.165) is 35.6 Å². The number of imidazole rings is 1. The quantitative estimate of drug-likeness (QED) is 0.788. The second-order valence-electron chi connectivity index (χ2n) is 6.03. The van der Waals surface area contributed by atoms with Crippen molar-refractivity contribution in [1.29, 1.82) is 0 Å². The van der Waals surface area contributed by atoms with Gasteiger partial charge in [0.05, 0.1) is 5.69 Å². The highest BCUT2D eigenvalue weighted by Gasteiger charge is 2.35. The fourth-order valence-electron chi connectivity index (χ4n) is 3.56. The Morgan fingerprint density at radius 3 is 2.67 bits per heavy atom. The highest BCUT2D eigenvalue weighted by atomic mass is 35.5. The zero-order chi connectivity index (χ0) is 15.0. The van der Waals surface area contributed by atoms with Crippen molar-refractivity contribution in [3.8, 4) is 0 Å². The third-order valence-electron chi connectivity index (χ3n) is 4.68. The molecule has 0 aromatic carbocycles. The van der Waals surface area contributed by atoms with Gasteiger partial charge in [-0.3, -0.25) is 4.68 Å². The van der Waals surface area contributed by atoms with Crippen molar-refractivity contribution in [3.63, 3.8) is 0 Å². The van der Waals surface area contributed by atoms with E-state index < -0.39 is 0 Å². The zero-order valence-corrected chi connectivity index (χ0v) is 14.6. The van der Waals surface area contributed by atoms with Crippen molar-refractivity contribution in [2.45, 2.75) is 50.3 Å². The van der Waals surface area contributed by atoms with E-state index in [1.165, 1.54) is 25.7 Å². The molecule has 0 spiro atoms. The largest absolute Gasteiger partial charge is 0.311 e. The van der Waals surface area contributed by atoms with Gasteiger partial charge in [0.1, 0.15) is 11.3 Å². The minimum Gasteiger partial charge on any atom is -0.311 e. The molecule has 2 aromatic heterocycles. The minimum absolute atomic E-state index is 0.354. The van der Waals surface area contributed by atoms with Gasteiger partial charge < -0.3 is 4.57 Å². The Bertz CT molecular complexity index is 640. The Balaban J connectivity index is 2.08. The summed E-state index contributed by atoms with van der Waals surface area (Å²) in [7, 11) is 2.01. The standard InChI is InChI=1S/C15H23ClN4S/c1-11-13-14(19(2)18-11)20(12(17-13)6-9-16)10-15(21-3)7-4-5-8-15/h4-10H2,1-3H3. The van der Waals surface area contributed by atoms with Gasteiger partial charge in [0.25, 0.3) is 0 Å². The van der Waals surface area contributed by atoms with Crippen molar-refractivity contribution >= 4 is 34.5 Å². The van der Waals surface area contributed by atoms with Gasteiger partial charge in [-0.2, -0.15) is 16.9 Å². The van der Waals surface area contributed by atoms with E-state index in [1.54, 1.807) is 0 Å². The van der Waals surface area contributed by atoms with E-state index in [-0.39, 0.29) is 0 Å². The molecule has 0 atom stereocenters. The Morgan fingerprint density at radius 1 is 1.33 bits per heavy atom. The third-order valence-corrected chi connectivity index (χ3v) is 6.27. The predicted molar refractivity (Wildman–Crippen MR) is 90.4 cm³/mol. The summed E-state index contributed by atoms with van der Waals surface area (Å²) in [6.07, 6.45) is 8.34. The Kier molecular flexibility index (Phi) is 4.23. The van der Waals surface area contributed by atoms with Crippen LogP contribution in [-0.4, -0.2) is 36.2 Å². The summed E-state index contributed by atoms with van der Waals surface area (Å²) < 4.78 is 4.70. The lowest BCUT2D eigenvalue weighted by Gasteiger charge is -2.28. The average molecular weight is 327 g/mol. The van der Waals surface area contributed by atoms with Crippen LogP contribution in [0.15, 0.2) is 0 Å². The maximum Gasteiger partial charge on any atom is 0.158 e. The van der Waals surface area contributed by atoms with Crippen molar-refractivity contribution in [1.82, 2.24) is 19.3 Å². The fraction of sp³-hybridized carbons (Fsp3) is 0.733. The van der Waals surface area contributed by atoms with E-state index in [0.29, 0.717) is 10.6 Å². The molecule has 0 N–H and O–H groups in total. The lowest BCUT2D eigenvalue weighted by molar-refractivity contribution is 0.495. The highest BCUT2D eigenvalue weighted by Crippen LogP contribution is 2.42. The van der Waals surface area contributed by atoms with Gasteiger partial charge in [-0.25, -0.2) is 4.98 Å². The van der Waals surface area contributed by atoms with E-state index in [4.69, 9.17) is 16.6 Å². The summed E-state index contributed by atoms with van der Waals surface area (Å²) in [5, 5.41) is 4.53. The SMILES string of the molecule is CSC1(Cn2c(CCCl)nc3c(C)nn(C)c32)CCCC1. The number of hydrogen-bond acceptors (Lipinski definition) is 3. The monoisotopic (exact) mass is 326 g/mol. The van der Waals surface area contributed by atoms with Crippen LogP contribution in [0.4, 0.5) is 0 Å². The van der Waals surface area contributed by atoms with E-state index in [9.17, 15) is 0 Å². The summed E-state index contributed by atoms with van der Waals surface area (Å²) in [5.41, 5.74) is 3.19. The van der Waals surface area contributed by atoms with Crippen LogP contribution in [0, 0.1) is 6.92 Å². The normalized spacial score (nSPS) is 17.9. The van der Waals surface area contributed by atoms with Gasteiger partial charge in [-0.05, 0) is 26.0 Å². The van der Waals surface area contributed by atoms with Crippen LogP contribution in [0.1, 0.15) is 37.2 Å². The molecule has 116 valence electrons. The van der Waals surface area contributed by atoms with Crippen molar-refractivity contribution < 1.29 is 0 Å². The molecule has 4 nitrogen and oxygen atoms in total. The molecular formula is C15H23ClN4S. The summed E-state index contributed by atoms with van der Waals surface area (Å²) >= 11 is 8.00. The zero-order valence-electron chi connectivity index (χ0n) is 13.0. The van der Waals surface area contributed by atoms with Crippen LogP contribution in [0.25, 0.3) is 11.2 Å². The molecule has 0 amide bonds. The van der Waals surface area contributed by atoms with Gasteiger partial charge in [-0.15, -0.1) is 11.6 Å². The fourth-order valence-corrected chi connectivity index (χ4v) is 4.68. The molecule has 0 aliphatic heterocycles. The molecule has 0 radical (unpaired) electrons. The van der Waals surface area contributed by atoms with Gasteiger partial charge in [0.15, 0.2) is 5.65 Å². The number of fused-ring (bicyclic) bond motifs is 1. The molecule has 3 rings (SSSR count). The average Bonchev–Trinajstić information content (AvgIpc) is 3.12. The second kappa shape index (κ2) is 5.84. The first-order valence-corrected chi connectivity index (χ1v) is 9.36. The van der Waals surface area contributed by atoms with Crippen molar-refractivity contribution in [3.05, 3.63) is 11.5 Å². The Labute approximate surface area is 135 Å². The van der Waals surface area contributed by atoms with Crippen LogP contribution in [-0.2, 0) is 20.0 Å². The summed E-state index contributed by atoms with van der Waals surface area (Å²) in [6, 6.07) is 0. The molecule has 0 unspecified atom stereocenters. The summed E-state index contributed by atoms with van der Waals surface area (Å²) in [5.74, 6) is 1.72. The highest BCUT2D eigenvalue weighted by molar-refractivity contribution is 8.00. The number of aromatic nitrogens is 4. The van der Waals surface area contributed by atoms with Crippen molar-refractivity contribution in [2.24, 2.45) is 7.05 Å². The van der Waals surface area contributed by atoms with Crippen molar-refractivity contribution in [2.75, 3.05) is 12.1 Å². The molecule has 1 saturated carbocycles. The van der Waals surface area contributed by atoms with E-state index in [1.807, 2.05) is 30.4 Å². The van der Waals surface area contributed by atoms with Crippen LogP contribution in [0.2, 0.25) is 0 Å². The predicted octanol–water partition coefficient (Wildman–Crippen LogP) is 3.54. The van der Waals surface area contributed by atoms with Gasteiger partial charge in [-0.1, -0.05) is 12.8 Å². The van der Waals surface area contributed by atoms with Gasteiger partial charge in [0, 0.05) is 30.6 Å². The lowest BCUT2D eigenvalue weighted by atomic mass is 10.1. The van der Waals surface area contributed by atoms with Gasteiger partial charge >= 0.3 is 0 Å². The van der Waals surface area contributed by atoms with Gasteiger partial charge in [0.2, 0.25) is 0 Å². The first-order chi connectivity index (χ1) is 10.1. The number of alkyl halides is 1. The molecule has 2 heterocycles. The molecule has 6 heteroatoms. The molecule has 2 aromatic rings. The smallest absolute Gasteiger partial charge is 0.158 e. The topological polar surface area (TPSA) is 35.6 Å². The second-order valence-corrected chi connectivity index (χ2v) is 7.68. The Morgan fingerprint density at radius 2 is 2.05 bits per heavy atom. The maximum atomic E-state index is 5.99. The number of rotatable bonds is 5. The molecule has 1 fully saturated rings. The van der Waals surface area contributed by atoms with Crippen LogP contribution >= 0.6 is 23.4 Å². The lowest BCUT2D eigenvalue weighted by Crippen LogP contribution is -2.28. The molecular weight excluding hydrogens is 304 g/mol. The number of thioether (sulfide) groups is 1. The first kappa shape index (κ1) is 15.2. The molecule has 21 heavy (non-hydrogen) atoms. The number of halogens is 1. The third kappa shape index (κ3) is 2.59. The summed E-state index contributed by atoms with van der Waals surface area (Å²) in [6.45, 7) is 3.06. The number of nitrogens with zero attached hydrogens (tertiary/aromatic N) is 4. The van der Waals surface area contributed by atoms with E-state index in [2.05, 4.69) is 15.9 Å².